The molecule has 0 fully saturated rings. The number of ether oxygens (including phenoxy) is 1. The molecule has 2 rings (SSSR count). The van der Waals surface area contributed by atoms with Gasteiger partial charge in [0, 0.05) is 18.8 Å². The summed E-state index contributed by atoms with van der Waals surface area (Å²) in [7, 11) is 4.16. The van der Waals surface area contributed by atoms with Gasteiger partial charge in [0.15, 0.2) is 0 Å². The molecule has 0 spiro atoms. The van der Waals surface area contributed by atoms with E-state index in [4.69, 9.17) is 10.00 Å². The quantitative estimate of drug-likeness (QED) is 0.751. The second-order valence-electron chi connectivity index (χ2n) is 5.61. The van der Waals surface area contributed by atoms with E-state index < -0.39 is 0 Å². The van der Waals surface area contributed by atoms with Crippen LogP contribution in [0.2, 0.25) is 0 Å². The lowest BCUT2D eigenvalue weighted by Gasteiger charge is -2.26. The fourth-order valence-electron chi connectivity index (χ4n) is 2.23. The molecule has 0 N–H and O–H groups in total. The van der Waals surface area contributed by atoms with Crippen LogP contribution >= 0.6 is 0 Å². The summed E-state index contributed by atoms with van der Waals surface area (Å²) >= 11 is 0. The number of nitriles is 1. The molecule has 0 bridgehead atoms. The summed E-state index contributed by atoms with van der Waals surface area (Å²) in [5, 5.41) is 8.81. The Hall–Kier alpha value is -2.51. The van der Waals surface area contributed by atoms with Gasteiger partial charge in [-0.2, -0.15) is 5.26 Å². The molecule has 0 unspecified atom stereocenters. The van der Waals surface area contributed by atoms with Crippen molar-refractivity contribution in [3.8, 4) is 11.8 Å². The van der Waals surface area contributed by atoms with E-state index >= 15 is 0 Å². The first-order valence-electron chi connectivity index (χ1n) is 7.77. The SMILES string of the molecule is CN(C)CCN(CCOc1ccc(C#N)cc1)c1ccccc1. The topological polar surface area (TPSA) is 39.5 Å². The van der Waals surface area contributed by atoms with Crippen molar-refractivity contribution in [2.24, 2.45) is 0 Å². The normalized spacial score (nSPS) is 10.3. The lowest BCUT2D eigenvalue weighted by molar-refractivity contribution is 0.320. The molecule has 23 heavy (non-hydrogen) atoms. The summed E-state index contributed by atoms with van der Waals surface area (Å²) in [5.41, 5.74) is 1.85. The summed E-state index contributed by atoms with van der Waals surface area (Å²) in [5.74, 6) is 0.796. The van der Waals surface area contributed by atoms with Crippen LogP contribution in [0.3, 0.4) is 0 Å². The van der Waals surface area contributed by atoms with Crippen molar-refractivity contribution in [2.75, 3.05) is 45.2 Å². The minimum atomic E-state index is 0.605. The van der Waals surface area contributed by atoms with Crippen molar-refractivity contribution in [3.63, 3.8) is 0 Å². The van der Waals surface area contributed by atoms with Gasteiger partial charge < -0.3 is 14.5 Å². The van der Waals surface area contributed by atoms with Gasteiger partial charge in [-0.3, -0.25) is 0 Å². The standard InChI is InChI=1S/C19H23N3O/c1-21(2)12-13-22(18-6-4-3-5-7-18)14-15-23-19-10-8-17(16-20)9-11-19/h3-11H,12-15H2,1-2H3. The van der Waals surface area contributed by atoms with Crippen LogP contribution in [0.15, 0.2) is 54.6 Å². The smallest absolute Gasteiger partial charge is 0.119 e. The summed E-state index contributed by atoms with van der Waals surface area (Å²) in [4.78, 5) is 4.50. The molecule has 120 valence electrons. The molecular weight excluding hydrogens is 286 g/mol. The number of benzene rings is 2. The predicted molar refractivity (Wildman–Crippen MR) is 93.9 cm³/mol. The summed E-state index contributed by atoms with van der Waals surface area (Å²) in [6.45, 7) is 3.37. The van der Waals surface area contributed by atoms with Crippen molar-refractivity contribution in [1.82, 2.24) is 4.90 Å². The molecular formula is C19H23N3O. The molecule has 0 heterocycles. The first-order chi connectivity index (χ1) is 11.2. The van der Waals surface area contributed by atoms with Gasteiger partial charge in [0.25, 0.3) is 0 Å². The highest BCUT2D eigenvalue weighted by Gasteiger charge is 2.07. The number of nitrogens with zero attached hydrogens (tertiary/aromatic N) is 3. The van der Waals surface area contributed by atoms with E-state index in [1.807, 2.05) is 18.2 Å². The van der Waals surface area contributed by atoms with Crippen LogP contribution in [0.1, 0.15) is 5.56 Å². The third-order valence-corrected chi connectivity index (χ3v) is 3.55. The number of para-hydroxylation sites is 1. The zero-order chi connectivity index (χ0) is 16.5. The van der Waals surface area contributed by atoms with Crippen molar-refractivity contribution in [3.05, 3.63) is 60.2 Å². The monoisotopic (exact) mass is 309 g/mol. The maximum atomic E-state index is 8.81. The Bertz CT molecular complexity index is 617. The van der Waals surface area contributed by atoms with Crippen molar-refractivity contribution < 1.29 is 4.74 Å². The molecule has 0 aliphatic carbocycles. The third-order valence-electron chi connectivity index (χ3n) is 3.55. The molecule has 2 aromatic rings. The molecule has 0 aliphatic rings. The average molecular weight is 309 g/mol. The average Bonchev–Trinajstić information content (AvgIpc) is 2.59. The van der Waals surface area contributed by atoms with Gasteiger partial charge in [-0.25, -0.2) is 0 Å². The van der Waals surface area contributed by atoms with E-state index in [0.29, 0.717) is 12.2 Å². The van der Waals surface area contributed by atoms with E-state index in [0.717, 1.165) is 25.4 Å². The Morgan fingerprint density at radius 1 is 0.913 bits per heavy atom. The summed E-state index contributed by atoms with van der Waals surface area (Å²) in [6.07, 6.45) is 0. The molecule has 2 aromatic carbocycles. The number of hydrogen-bond donors (Lipinski definition) is 0. The van der Waals surface area contributed by atoms with Crippen molar-refractivity contribution >= 4 is 5.69 Å². The second-order valence-corrected chi connectivity index (χ2v) is 5.61. The van der Waals surface area contributed by atoms with Crippen LogP contribution in [0.25, 0.3) is 0 Å². The maximum absolute atomic E-state index is 8.81. The summed E-state index contributed by atoms with van der Waals surface area (Å²) in [6, 6.07) is 19.7. The molecule has 0 aromatic heterocycles. The molecule has 0 saturated carbocycles. The van der Waals surface area contributed by atoms with E-state index in [2.05, 4.69) is 54.2 Å². The number of hydrogen-bond acceptors (Lipinski definition) is 4. The highest BCUT2D eigenvalue weighted by Crippen LogP contribution is 2.14. The highest BCUT2D eigenvalue weighted by molar-refractivity contribution is 5.46. The Morgan fingerprint density at radius 3 is 2.22 bits per heavy atom. The van der Waals surface area contributed by atoms with Crippen LogP contribution in [-0.2, 0) is 0 Å². The van der Waals surface area contributed by atoms with Gasteiger partial charge >= 0.3 is 0 Å². The minimum absolute atomic E-state index is 0.605. The zero-order valence-corrected chi connectivity index (χ0v) is 13.8. The number of rotatable bonds is 8. The third kappa shape index (κ3) is 5.65. The Morgan fingerprint density at radius 2 is 1.61 bits per heavy atom. The molecule has 0 amide bonds. The zero-order valence-electron chi connectivity index (χ0n) is 13.8. The molecule has 4 nitrogen and oxygen atoms in total. The van der Waals surface area contributed by atoms with Crippen LogP contribution in [-0.4, -0.2) is 45.2 Å². The van der Waals surface area contributed by atoms with Crippen LogP contribution in [0.4, 0.5) is 5.69 Å². The number of likely N-dealkylation sites (N-methyl/N-ethyl adjacent to an activating group) is 1. The van der Waals surface area contributed by atoms with Gasteiger partial charge in [-0.05, 0) is 50.5 Å². The van der Waals surface area contributed by atoms with Crippen molar-refractivity contribution in [1.29, 1.82) is 5.26 Å². The predicted octanol–water partition coefficient (Wildman–Crippen LogP) is 3.01. The molecule has 0 radical (unpaired) electrons. The van der Waals surface area contributed by atoms with Crippen LogP contribution in [0.5, 0.6) is 5.75 Å². The van der Waals surface area contributed by atoms with E-state index in [1.165, 1.54) is 5.69 Å². The Balaban J connectivity index is 1.91. The van der Waals surface area contributed by atoms with Crippen molar-refractivity contribution in [2.45, 2.75) is 0 Å². The largest absolute Gasteiger partial charge is 0.492 e. The van der Waals surface area contributed by atoms with E-state index in [9.17, 15) is 0 Å². The van der Waals surface area contributed by atoms with Gasteiger partial charge in [0.1, 0.15) is 12.4 Å². The lowest BCUT2D eigenvalue weighted by Crippen LogP contribution is -2.34. The lowest BCUT2D eigenvalue weighted by atomic mass is 10.2. The summed E-state index contributed by atoms with van der Waals surface area (Å²) < 4.78 is 5.80. The van der Waals surface area contributed by atoms with Gasteiger partial charge in [0.05, 0.1) is 18.2 Å². The minimum Gasteiger partial charge on any atom is -0.492 e. The molecule has 4 heteroatoms. The molecule has 0 saturated heterocycles. The Kier molecular flexibility index (Phi) is 6.46. The first-order valence-corrected chi connectivity index (χ1v) is 7.77. The van der Waals surface area contributed by atoms with E-state index in [-0.39, 0.29) is 0 Å². The fraction of sp³-hybridized carbons (Fsp3) is 0.316. The fourth-order valence-corrected chi connectivity index (χ4v) is 2.23. The van der Waals surface area contributed by atoms with Crippen LogP contribution < -0.4 is 9.64 Å². The van der Waals surface area contributed by atoms with E-state index in [1.54, 1.807) is 12.1 Å². The Labute approximate surface area is 138 Å². The van der Waals surface area contributed by atoms with Gasteiger partial charge in [-0.15, -0.1) is 0 Å². The second kappa shape index (κ2) is 8.82. The van der Waals surface area contributed by atoms with Gasteiger partial charge in [-0.1, -0.05) is 18.2 Å². The number of anilines is 1. The van der Waals surface area contributed by atoms with Gasteiger partial charge in [0.2, 0.25) is 0 Å². The molecule has 0 atom stereocenters. The molecule has 0 aliphatic heterocycles. The highest BCUT2D eigenvalue weighted by atomic mass is 16.5. The first kappa shape index (κ1) is 16.9. The maximum Gasteiger partial charge on any atom is 0.119 e. The van der Waals surface area contributed by atoms with Crippen LogP contribution in [0, 0.1) is 11.3 Å².